The number of H-pyrrole nitrogens is 1. The van der Waals surface area contributed by atoms with Gasteiger partial charge in [-0.1, -0.05) is 12.1 Å². The summed E-state index contributed by atoms with van der Waals surface area (Å²) in [6, 6.07) is 8.47. The molecule has 2 amide bonds. The summed E-state index contributed by atoms with van der Waals surface area (Å²) in [6.45, 7) is 2.51. The summed E-state index contributed by atoms with van der Waals surface area (Å²) in [5, 5.41) is 0. The van der Waals surface area contributed by atoms with E-state index in [2.05, 4.69) is 15.8 Å². The zero-order chi connectivity index (χ0) is 20.9. The number of sulfonamides is 1. The summed E-state index contributed by atoms with van der Waals surface area (Å²) < 4.78 is 32.0. The third-order valence-electron chi connectivity index (χ3n) is 4.18. The molecule has 2 aromatic rings. The Hall–Kier alpha value is -2.50. The van der Waals surface area contributed by atoms with Crippen LogP contribution in [0.1, 0.15) is 16.1 Å². The van der Waals surface area contributed by atoms with Crippen molar-refractivity contribution >= 4 is 33.6 Å². The minimum atomic E-state index is -3.65. The number of hydrazine groups is 1. The molecule has 1 fully saturated rings. The zero-order valence-corrected chi connectivity index (χ0v) is 17.4. The van der Waals surface area contributed by atoms with Gasteiger partial charge < -0.3 is 9.72 Å². The fourth-order valence-corrected chi connectivity index (χ4v) is 5.24. The van der Waals surface area contributed by atoms with Crippen LogP contribution in [0.4, 0.5) is 0 Å². The predicted molar refractivity (Wildman–Crippen MR) is 109 cm³/mol. The van der Waals surface area contributed by atoms with Crippen LogP contribution in [0.3, 0.4) is 0 Å². The van der Waals surface area contributed by atoms with Crippen LogP contribution in [0.5, 0.6) is 5.75 Å². The fraction of sp³-hybridized carbons (Fsp3) is 0.333. The van der Waals surface area contributed by atoms with E-state index in [1.807, 2.05) is 19.1 Å². The molecule has 3 rings (SSSR count). The molecule has 1 aromatic heterocycles. The number of rotatable bonds is 6. The van der Waals surface area contributed by atoms with E-state index in [0.717, 1.165) is 17.1 Å². The number of nitrogens with zero attached hydrogens (tertiary/aromatic N) is 1. The van der Waals surface area contributed by atoms with Crippen molar-refractivity contribution < 1.29 is 22.7 Å². The molecule has 11 heteroatoms. The number of hydrogen-bond acceptors (Lipinski definition) is 6. The monoisotopic (exact) mass is 438 g/mol. The molecule has 0 aliphatic carbocycles. The quantitative estimate of drug-likeness (QED) is 0.577. The van der Waals surface area contributed by atoms with E-state index in [-0.39, 0.29) is 17.2 Å². The first kappa shape index (κ1) is 21.2. The number of benzene rings is 1. The minimum absolute atomic E-state index is 0.0173. The summed E-state index contributed by atoms with van der Waals surface area (Å²) >= 11 is 1.70. The molecule has 0 unspecified atom stereocenters. The SMILES string of the molecule is Cc1cccc(OCC(=O)NNC(=O)c2cc(S(=O)(=O)N3CCSCC3)c[nH]2)c1. The van der Waals surface area contributed by atoms with E-state index >= 15 is 0 Å². The average molecular weight is 439 g/mol. The average Bonchev–Trinajstić information content (AvgIpc) is 3.22. The molecule has 0 saturated carbocycles. The highest BCUT2D eigenvalue weighted by Crippen LogP contribution is 2.20. The number of ether oxygens (including phenoxy) is 1. The maximum absolute atomic E-state index is 12.6. The third-order valence-corrected chi connectivity index (χ3v) is 7.00. The normalized spacial score (nSPS) is 14.9. The standard InChI is InChI=1S/C18H22N4O5S2/c1-13-3-2-4-14(9-13)27-12-17(23)20-21-18(24)16-10-15(11-19-16)29(25,26)22-5-7-28-8-6-22/h2-4,9-11,19H,5-8,12H2,1H3,(H,20,23)(H,21,24). The lowest BCUT2D eigenvalue weighted by molar-refractivity contribution is -0.123. The van der Waals surface area contributed by atoms with Crippen molar-refractivity contribution in [2.75, 3.05) is 31.2 Å². The molecule has 0 bridgehead atoms. The van der Waals surface area contributed by atoms with Crippen molar-refractivity contribution in [1.29, 1.82) is 0 Å². The van der Waals surface area contributed by atoms with E-state index in [0.29, 0.717) is 18.8 Å². The topological polar surface area (TPSA) is 121 Å². The van der Waals surface area contributed by atoms with Gasteiger partial charge in [-0.2, -0.15) is 16.1 Å². The van der Waals surface area contributed by atoms with Crippen LogP contribution in [-0.2, 0) is 14.8 Å². The number of hydrogen-bond donors (Lipinski definition) is 3. The predicted octanol–water partition coefficient (Wildman–Crippen LogP) is 0.901. The summed E-state index contributed by atoms with van der Waals surface area (Å²) in [5.74, 6) is 0.817. The Labute approximate surface area is 173 Å². The van der Waals surface area contributed by atoms with Gasteiger partial charge in [0.05, 0.1) is 0 Å². The Bertz CT molecular complexity index is 984. The molecule has 156 valence electrons. The van der Waals surface area contributed by atoms with Crippen LogP contribution in [0, 0.1) is 6.92 Å². The smallest absolute Gasteiger partial charge is 0.286 e. The maximum atomic E-state index is 12.6. The number of thioether (sulfide) groups is 1. The second kappa shape index (κ2) is 9.33. The van der Waals surface area contributed by atoms with Gasteiger partial charge in [0.1, 0.15) is 16.3 Å². The van der Waals surface area contributed by atoms with Gasteiger partial charge in [0, 0.05) is 30.8 Å². The molecule has 0 radical (unpaired) electrons. The van der Waals surface area contributed by atoms with E-state index in [9.17, 15) is 18.0 Å². The Morgan fingerprint density at radius 1 is 1.21 bits per heavy atom. The summed E-state index contributed by atoms with van der Waals surface area (Å²) in [5.41, 5.74) is 5.48. The van der Waals surface area contributed by atoms with E-state index in [1.165, 1.54) is 16.6 Å². The molecule has 1 aromatic carbocycles. The van der Waals surface area contributed by atoms with Gasteiger partial charge in [0.2, 0.25) is 10.0 Å². The lowest BCUT2D eigenvalue weighted by Crippen LogP contribution is -2.44. The Morgan fingerprint density at radius 2 is 1.97 bits per heavy atom. The van der Waals surface area contributed by atoms with E-state index in [4.69, 9.17) is 4.74 Å². The van der Waals surface area contributed by atoms with Crippen molar-refractivity contribution in [3.63, 3.8) is 0 Å². The van der Waals surface area contributed by atoms with Crippen molar-refractivity contribution in [2.45, 2.75) is 11.8 Å². The van der Waals surface area contributed by atoms with E-state index < -0.39 is 21.8 Å². The molecule has 2 heterocycles. The number of aromatic nitrogens is 1. The van der Waals surface area contributed by atoms with Gasteiger partial charge in [-0.15, -0.1) is 0 Å². The third kappa shape index (κ3) is 5.52. The van der Waals surface area contributed by atoms with Crippen LogP contribution in [0.2, 0.25) is 0 Å². The van der Waals surface area contributed by atoms with Crippen LogP contribution in [0.15, 0.2) is 41.4 Å². The first-order valence-corrected chi connectivity index (χ1v) is 11.5. The fourth-order valence-electron chi connectivity index (χ4n) is 2.67. The van der Waals surface area contributed by atoms with Crippen LogP contribution < -0.4 is 15.6 Å². The first-order valence-electron chi connectivity index (χ1n) is 8.91. The van der Waals surface area contributed by atoms with Gasteiger partial charge in [-0.25, -0.2) is 8.42 Å². The van der Waals surface area contributed by atoms with E-state index in [1.54, 1.807) is 23.9 Å². The van der Waals surface area contributed by atoms with Crippen LogP contribution >= 0.6 is 11.8 Å². The van der Waals surface area contributed by atoms with Gasteiger partial charge >= 0.3 is 0 Å². The minimum Gasteiger partial charge on any atom is -0.484 e. The Balaban J connectivity index is 1.51. The summed E-state index contributed by atoms with van der Waals surface area (Å²) in [7, 11) is -3.65. The van der Waals surface area contributed by atoms with Crippen molar-refractivity contribution in [3.05, 3.63) is 47.8 Å². The largest absolute Gasteiger partial charge is 0.484 e. The number of aromatic amines is 1. The summed E-state index contributed by atoms with van der Waals surface area (Å²) in [6.07, 6.45) is 1.27. The summed E-state index contributed by atoms with van der Waals surface area (Å²) in [4.78, 5) is 26.7. The first-order chi connectivity index (χ1) is 13.9. The number of carbonyl (C=O) groups excluding carboxylic acids is 2. The Morgan fingerprint density at radius 3 is 2.69 bits per heavy atom. The Kier molecular flexibility index (Phi) is 6.83. The number of aryl methyl sites for hydroxylation is 1. The zero-order valence-electron chi connectivity index (χ0n) is 15.8. The van der Waals surface area contributed by atoms with Gasteiger partial charge in [-0.3, -0.25) is 20.4 Å². The molecule has 1 aliphatic heterocycles. The highest BCUT2D eigenvalue weighted by atomic mass is 32.2. The molecule has 1 saturated heterocycles. The lowest BCUT2D eigenvalue weighted by Gasteiger charge is -2.24. The highest BCUT2D eigenvalue weighted by molar-refractivity contribution is 7.99. The number of carbonyl (C=O) groups is 2. The molecule has 1 aliphatic rings. The molecular weight excluding hydrogens is 416 g/mol. The van der Waals surface area contributed by atoms with Crippen molar-refractivity contribution in [2.24, 2.45) is 0 Å². The molecule has 29 heavy (non-hydrogen) atoms. The van der Waals surface area contributed by atoms with Crippen LogP contribution in [0.25, 0.3) is 0 Å². The molecule has 0 atom stereocenters. The molecule has 0 spiro atoms. The van der Waals surface area contributed by atoms with Gasteiger partial charge in [0.25, 0.3) is 11.8 Å². The maximum Gasteiger partial charge on any atom is 0.286 e. The van der Waals surface area contributed by atoms with Gasteiger partial charge in [-0.05, 0) is 30.7 Å². The number of nitrogens with one attached hydrogen (secondary N) is 3. The van der Waals surface area contributed by atoms with Crippen LogP contribution in [-0.4, -0.2) is 60.7 Å². The highest BCUT2D eigenvalue weighted by Gasteiger charge is 2.27. The second-order valence-electron chi connectivity index (χ2n) is 6.37. The second-order valence-corrected chi connectivity index (χ2v) is 9.54. The lowest BCUT2D eigenvalue weighted by atomic mass is 10.2. The molecule has 9 nitrogen and oxygen atoms in total. The molecule has 3 N–H and O–H groups in total. The van der Waals surface area contributed by atoms with Crippen molar-refractivity contribution in [1.82, 2.24) is 20.1 Å². The van der Waals surface area contributed by atoms with Crippen molar-refractivity contribution in [3.8, 4) is 5.75 Å². The number of amides is 2. The molecular formula is C18H22N4O5S2. The van der Waals surface area contributed by atoms with Gasteiger partial charge in [0.15, 0.2) is 6.61 Å².